The summed E-state index contributed by atoms with van der Waals surface area (Å²) in [7, 11) is -3.07. The van der Waals surface area contributed by atoms with Crippen molar-refractivity contribution in [1.82, 2.24) is 4.90 Å². The van der Waals surface area contributed by atoms with Crippen LogP contribution in [0.15, 0.2) is 24.3 Å². The second-order valence-corrected chi connectivity index (χ2v) is 7.99. The number of hydrogen-bond acceptors (Lipinski definition) is 5. The monoisotopic (exact) mass is 296 g/mol. The van der Waals surface area contributed by atoms with E-state index in [-0.39, 0.29) is 0 Å². The number of hydrogen-bond donors (Lipinski definition) is 0. The molecular weight excluding hydrogens is 280 g/mol. The molecule has 1 aliphatic heterocycles. The Morgan fingerprint density at radius 3 is 3.00 bits per heavy atom. The fraction of sp³-hybridized carbons (Fsp3) is 0.462. The van der Waals surface area contributed by atoms with Gasteiger partial charge in [0.2, 0.25) is 0 Å². The molecule has 0 saturated carbocycles. The van der Waals surface area contributed by atoms with Crippen LogP contribution in [0.25, 0.3) is 0 Å². The molecular formula is C13H16N2O2S2. The predicted octanol–water partition coefficient (Wildman–Crippen LogP) is 1.48. The maximum atomic E-state index is 11.8. The van der Waals surface area contributed by atoms with Crippen molar-refractivity contribution in [3.05, 3.63) is 35.4 Å². The Balaban J connectivity index is 2.18. The van der Waals surface area contributed by atoms with Gasteiger partial charge in [0, 0.05) is 30.9 Å². The van der Waals surface area contributed by atoms with Gasteiger partial charge in [0.25, 0.3) is 0 Å². The second-order valence-electron chi connectivity index (χ2n) is 4.64. The Kier molecular flexibility index (Phi) is 4.50. The molecule has 102 valence electrons. The van der Waals surface area contributed by atoms with Crippen LogP contribution < -0.4 is 0 Å². The first kappa shape index (κ1) is 14.4. The van der Waals surface area contributed by atoms with Gasteiger partial charge in [0.15, 0.2) is 9.84 Å². The van der Waals surface area contributed by atoms with Crippen molar-refractivity contribution in [2.45, 2.75) is 11.9 Å². The van der Waals surface area contributed by atoms with Crippen LogP contribution in [0.2, 0.25) is 0 Å². The van der Waals surface area contributed by atoms with Crippen LogP contribution in [-0.2, 0) is 16.4 Å². The van der Waals surface area contributed by atoms with Gasteiger partial charge in [-0.1, -0.05) is 12.1 Å². The Bertz CT molecular complexity index is 593. The molecule has 0 radical (unpaired) electrons. The van der Waals surface area contributed by atoms with Gasteiger partial charge >= 0.3 is 0 Å². The van der Waals surface area contributed by atoms with Crippen LogP contribution in [-0.4, -0.2) is 43.0 Å². The summed E-state index contributed by atoms with van der Waals surface area (Å²) in [5, 5.41) is 8.47. The molecule has 0 aromatic heterocycles. The van der Waals surface area contributed by atoms with E-state index in [1.807, 2.05) is 23.1 Å². The average molecular weight is 296 g/mol. The SMILES string of the molecule is CS(=O)(=O)C1CSCCN1Cc1cccc(C#N)c1. The highest BCUT2D eigenvalue weighted by Gasteiger charge is 2.30. The maximum Gasteiger partial charge on any atom is 0.164 e. The van der Waals surface area contributed by atoms with Gasteiger partial charge in [-0.3, -0.25) is 4.90 Å². The summed E-state index contributed by atoms with van der Waals surface area (Å²) in [5.41, 5.74) is 1.60. The fourth-order valence-electron chi connectivity index (χ4n) is 2.16. The molecule has 1 aliphatic rings. The van der Waals surface area contributed by atoms with Gasteiger partial charge in [-0.05, 0) is 17.7 Å². The molecule has 1 aromatic rings. The highest BCUT2D eigenvalue weighted by molar-refractivity contribution is 8.00. The molecule has 1 atom stereocenters. The van der Waals surface area contributed by atoms with Crippen LogP contribution in [0.4, 0.5) is 0 Å². The third-order valence-corrected chi connectivity index (χ3v) is 5.81. The average Bonchev–Trinajstić information content (AvgIpc) is 2.38. The lowest BCUT2D eigenvalue weighted by Crippen LogP contribution is -2.46. The van der Waals surface area contributed by atoms with Crippen molar-refractivity contribution in [2.75, 3.05) is 24.3 Å². The van der Waals surface area contributed by atoms with Gasteiger partial charge < -0.3 is 0 Å². The van der Waals surface area contributed by atoms with E-state index in [0.717, 1.165) is 17.9 Å². The zero-order chi connectivity index (χ0) is 13.9. The summed E-state index contributed by atoms with van der Waals surface area (Å²) in [5.74, 6) is 1.57. The highest BCUT2D eigenvalue weighted by Crippen LogP contribution is 2.22. The number of thioether (sulfide) groups is 1. The first-order valence-corrected chi connectivity index (χ1v) is 9.11. The Labute approximate surface area is 118 Å². The Hall–Kier alpha value is -1.03. The molecule has 0 spiro atoms. The molecule has 0 N–H and O–H groups in total. The van der Waals surface area contributed by atoms with Crippen LogP contribution in [0, 0.1) is 11.3 Å². The molecule has 0 bridgehead atoms. The third kappa shape index (κ3) is 3.72. The lowest BCUT2D eigenvalue weighted by Gasteiger charge is -2.34. The lowest BCUT2D eigenvalue weighted by molar-refractivity contribution is 0.262. The largest absolute Gasteiger partial charge is 0.281 e. The number of rotatable bonds is 3. The Morgan fingerprint density at radius 1 is 1.53 bits per heavy atom. The zero-order valence-electron chi connectivity index (χ0n) is 10.7. The molecule has 2 rings (SSSR count). The topological polar surface area (TPSA) is 61.2 Å². The molecule has 0 amide bonds. The van der Waals surface area contributed by atoms with Crippen LogP contribution >= 0.6 is 11.8 Å². The predicted molar refractivity (Wildman–Crippen MR) is 77.5 cm³/mol. The van der Waals surface area contributed by atoms with Gasteiger partial charge in [-0.25, -0.2) is 8.42 Å². The van der Waals surface area contributed by atoms with E-state index in [1.165, 1.54) is 6.26 Å². The third-order valence-electron chi connectivity index (χ3n) is 3.13. The number of nitrogens with zero attached hydrogens (tertiary/aromatic N) is 2. The van der Waals surface area contributed by atoms with E-state index in [4.69, 9.17) is 5.26 Å². The first-order valence-electron chi connectivity index (χ1n) is 6.00. The van der Waals surface area contributed by atoms with Crippen molar-refractivity contribution >= 4 is 21.6 Å². The molecule has 1 heterocycles. The molecule has 1 saturated heterocycles. The second kappa shape index (κ2) is 5.95. The summed E-state index contributed by atoms with van der Waals surface area (Å²) in [4.78, 5) is 1.99. The smallest absolute Gasteiger partial charge is 0.164 e. The first-order chi connectivity index (χ1) is 9.00. The minimum absolute atomic E-state index is 0.419. The number of sulfone groups is 1. The van der Waals surface area contributed by atoms with E-state index < -0.39 is 15.2 Å². The van der Waals surface area contributed by atoms with E-state index in [0.29, 0.717) is 17.9 Å². The van der Waals surface area contributed by atoms with E-state index in [9.17, 15) is 8.42 Å². The van der Waals surface area contributed by atoms with Crippen molar-refractivity contribution in [1.29, 1.82) is 5.26 Å². The molecule has 1 aromatic carbocycles. The summed E-state index contributed by atoms with van der Waals surface area (Å²) < 4.78 is 23.6. The maximum absolute atomic E-state index is 11.8. The van der Waals surface area contributed by atoms with Gasteiger partial charge in [0.1, 0.15) is 5.37 Å². The summed E-state index contributed by atoms with van der Waals surface area (Å²) in [6.45, 7) is 1.34. The number of benzene rings is 1. The Morgan fingerprint density at radius 2 is 2.32 bits per heavy atom. The van der Waals surface area contributed by atoms with Crippen LogP contribution in [0.1, 0.15) is 11.1 Å². The molecule has 1 unspecified atom stereocenters. The van der Waals surface area contributed by atoms with Crippen molar-refractivity contribution in [3.63, 3.8) is 0 Å². The van der Waals surface area contributed by atoms with Crippen molar-refractivity contribution in [2.24, 2.45) is 0 Å². The normalized spacial score (nSPS) is 20.9. The molecule has 19 heavy (non-hydrogen) atoms. The van der Waals surface area contributed by atoms with Crippen LogP contribution in [0.3, 0.4) is 0 Å². The van der Waals surface area contributed by atoms with Crippen molar-refractivity contribution in [3.8, 4) is 6.07 Å². The van der Waals surface area contributed by atoms with Crippen LogP contribution in [0.5, 0.6) is 0 Å². The molecule has 0 aliphatic carbocycles. The summed E-state index contributed by atoms with van der Waals surface area (Å²) in [6, 6.07) is 9.45. The van der Waals surface area contributed by atoms with E-state index >= 15 is 0 Å². The lowest BCUT2D eigenvalue weighted by atomic mass is 10.1. The molecule has 6 heteroatoms. The van der Waals surface area contributed by atoms with E-state index in [2.05, 4.69) is 6.07 Å². The summed E-state index contributed by atoms with van der Waals surface area (Å²) in [6.07, 6.45) is 1.29. The van der Waals surface area contributed by atoms with Crippen molar-refractivity contribution < 1.29 is 8.42 Å². The molecule has 1 fully saturated rings. The zero-order valence-corrected chi connectivity index (χ0v) is 12.4. The van der Waals surface area contributed by atoms with Gasteiger partial charge in [-0.2, -0.15) is 17.0 Å². The fourth-order valence-corrected chi connectivity index (χ4v) is 5.11. The van der Waals surface area contributed by atoms with Gasteiger partial charge in [-0.15, -0.1) is 0 Å². The molecule has 4 nitrogen and oxygen atoms in total. The summed E-state index contributed by atoms with van der Waals surface area (Å²) >= 11 is 1.68. The minimum atomic E-state index is -3.07. The minimum Gasteiger partial charge on any atom is -0.281 e. The standard InChI is InChI=1S/C13H16N2O2S2/c1-19(16,17)13-10-18-6-5-15(13)9-12-4-2-3-11(7-12)8-14/h2-4,7,13H,5-6,9-10H2,1H3. The van der Waals surface area contributed by atoms with Gasteiger partial charge in [0.05, 0.1) is 11.6 Å². The van der Waals surface area contributed by atoms with E-state index in [1.54, 1.807) is 17.8 Å². The quantitative estimate of drug-likeness (QED) is 0.845. The highest BCUT2D eigenvalue weighted by atomic mass is 32.2. The number of nitriles is 1.